The van der Waals surface area contributed by atoms with Gasteiger partial charge in [0.15, 0.2) is 5.13 Å². The zero-order chi connectivity index (χ0) is 30.5. The highest BCUT2D eigenvalue weighted by Gasteiger charge is 2.48. The topological polar surface area (TPSA) is 115 Å². The largest absolute Gasteiger partial charge is 0.507 e. The van der Waals surface area contributed by atoms with Crippen LogP contribution in [0, 0.1) is 6.92 Å². The molecule has 1 amide bonds. The van der Waals surface area contributed by atoms with Crippen molar-refractivity contribution in [3.05, 3.63) is 106 Å². The molecule has 220 valence electrons. The molecule has 0 saturated carbocycles. The molecule has 43 heavy (non-hydrogen) atoms. The van der Waals surface area contributed by atoms with Crippen LogP contribution in [0.2, 0.25) is 0 Å². The third-order valence-corrected chi connectivity index (χ3v) is 7.99. The van der Waals surface area contributed by atoms with Crippen molar-refractivity contribution in [2.75, 3.05) is 18.6 Å². The maximum Gasteiger partial charge on any atom is 0.350 e. The van der Waals surface area contributed by atoms with E-state index in [2.05, 4.69) is 11.9 Å². The number of unbranched alkanes of at least 4 members (excludes halogenated alkanes) is 1. The quantitative estimate of drug-likeness (QED) is 0.0694. The normalized spacial score (nSPS) is 15.9. The maximum absolute atomic E-state index is 13.6. The van der Waals surface area contributed by atoms with E-state index < -0.39 is 23.7 Å². The van der Waals surface area contributed by atoms with Crippen molar-refractivity contribution in [2.24, 2.45) is 0 Å². The number of ketones is 1. The van der Waals surface area contributed by atoms with Gasteiger partial charge in [-0.05, 0) is 67.4 Å². The SMILES string of the molecule is CCCCOc1ccc(C(O)=C2C(=O)C(=O)N(c3nc(C)c(C(=O)OC)s3)[C@@H]2c2cccc(Oc3ccccc3)c2)cc1. The lowest BCUT2D eigenvalue weighted by Gasteiger charge is -2.23. The van der Waals surface area contributed by atoms with Crippen molar-refractivity contribution in [1.82, 2.24) is 4.98 Å². The van der Waals surface area contributed by atoms with E-state index in [1.165, 1.54) is 12.0 Å². The number of hydrogen-bond acceptors (Lipinski definition) is 9. The van der Waals surface area contributed by atoms with Crippen LogP contribution in [-0.2, 0) is 14.3 Å². The van der Waals surface area contributed by atoms with E-state index >= 15 is 0 Å². The zero-order valence-electron chi connectivity index (χ0n) is 23.9. The van der Waals surface area contributed by atoms with Crippen LogP contribution in [0.15, 0.2) is 84.4 Å². The van der Waals surface area contributed by atoms with Gasteiger partial charge in [-0.15, -0.1) is 0 Å². The number of aryl methyl sites for hydroxylation is 1. The van der Waals surface area contributed by atoms with Gasteiger partial charge in [0, 0.05) is 5.56 Å². The number of para-hydroxylation sites is 1. The van der Waals surface area contributed by atoms with Crippen molar-refractivity contribution < 1.29 is 33.7 Å². The van der Waals surface area contributed by atoms with E-state index in [4.69, 9.17) is 14.2 Å². The zero-order valence-corrected chi connectivity index (χ0v) is 24.7. The van der Waals surface area contributed by atoms with Gasteiger partial charge in [-0.25, -0.2) is 9.78 Å². The molecule has 0 bridgehead atoms. The number of anilines is 1. The van der Waals surface area contributed by atoms with Gasteiger partial charge in [0.05, 0.1) is 31.0 Å². The number of benzene rings is 3. The first-order chi connectivity index (χ1) is 20.8. The van der Waals surface area contributed by atoms with Gasteiger partial charge in [0.25, 0.3) is 5.78 Å². The molecule has 10 heteroatoms. The van der Waals surface area contributed by atoms with E-state index in [-0.39, 0.29) is 21.3 Å². The first-order valence-corrected chi connectivity index (χ1v) is 14.6. The molecule has 1 N–H and O–H groups in total. The number of methoxy groups -OCH3 is 1. The monoisotopic (exact) mass is 598 g/mol. The fraction of sp³-hybridized carbons (Fsp3) is 0.212. The molecule has 1 aliphatic rings. The van der Waals surface area contributed by atoms with Gasteiger partial charge in [0.2, 0.25) is 0 Å². The lowest BCUT2D eigenvalue weighted by molar-refractivity contribution is -0.132. The maximum atomic E-state index is 13.6. The van der Waals surface area contributed by atoms with Crippen molar-refractivity contribution >= 4 is 39.9 Å². The Bertz CT molecular complexity index is 1680. The van der Waals surface area contributed by atoms with Gasteiger partial charge < -0.3 is 19.3 Å². The fourth-order valence-corrected chi connectivity index (χ4v) is 5.70. The molecular weight excluding hydrogens is 568 g/mol. The molecule has 9 nitrogen and oxygen atoms in total. The van der Waals surface area contributed by atoms with Gasteiger partial charge in [0.1, 0.15) is 27.9 Å². The molecular formula is C33H30N2O7S. The van der Waals surface area contributed by atoms with Crippen LogP contribution >= 0.6 is 11.3 Å². The minimum Gasteiger partial charge on any atom is -0.507 e. The summed E-state index contributed by atoms with van der Waals surface area (Å²) in [5, 5.41) is 11.6. The van der Waals surface area contributed by atoms with Gasteiger partial charge in [-0.3, -0.25) is 14.5 Å². The number of esters is 1. The molecule has 5 rings (SSSR count). The molecule has 4 aromatic rings. The Labute approximate surface area is 253 Å². The minimum absolute atomic E-state index is 0.117. The third kappa shape index (κ3) is 6.14. The van der Waals surface area contributed by atoms with Crippen LogP contribution in [-0.4, -0.2) is 41.5 Å². The Hall–Kier alpha value is -4.96. The molecule has 1 atom stereocenters. The number of carbonyl (C=O) groups is 3. The number of ether oxygens (including phenoxy) is 3. The molecule has 0 spiro atoms. The second kappa shape index (κ2) is 12.9. The smallest absolute Gasteiger partial charge is 0.350 e. The van der Waals surface area contributed by atoms with E-state index in [1.807, 2.05) is 18.2 Å². The number of aliphatic hydroxyl groups is 1. The van der Waals surface area contributed by atoms with Gasteiger partial charge >= 0.3 is 11.9 Å². The minimum atomic E-state index is -1.06. The predicted molar refractivity (Wildman–Crippen MR) is 163 cm³/mol. The number of thiazole rings is 1. The second-order valence-corrected chi connectivity index (χ2v) is 10.8. The number of Topliss-reactive ketones (excluding diaryl/α,β-unsaturated/α-hetero) is 1. The van der Waals surface area contributed by atoms with Crippen LogP contribution in [0.5, 0.6) is 17.2 Å². The van der Waals surface area contributed by atoms with Crippen LogP contribution in [0.3, 0.4) is 0 Å². The molecule has 1 aliphatic heterocycles. The summed E-state index contributed by atoms with van der Waals surface area (Å²) >= 11 is 0.937. The van der Waals surface area contributed by atoms with Crippen molar-refractivity contribution in [2.45, 2.75) is 32.7 Å². The average Bonchev–Trinajstić information content (AvgIpc) is 3.53. The van der Waals surface area contributed by atoms with Gasteiger partial charge in [-0.2, -0.15) is 0 Å². The molecule has 0 unspecified atom stereocenters. The van der Waals surface area contributed by atoms with Crippen LogP contribution < -0.4 is 14.4 Å². The molecule has 0 radical (unpaired) electrons. The average molecular weight is 599 g/mol. The number of hydrogen-bond donors (Lipinski definition) is 1. The summed E-state index contributed by atoms with van der Waals surface area (Å²) in [5.41, 5.74) is 1.08. The summed E-state index contributed by atoms with van der Waals surface area (Å²) in [7, 11) is 1.26. The number of rotatable bonds is 10. The Morgan fingerprint density at radius 1 is 0.977 bits per heavy atom. The highest BCUT2D eigenvalue weighted by molar-refractivity contribution is 7.17. The fourth-order valence-electron chi connectivity index (χ4n) is 4.68. The first-order valence-electron chi connectivity index (χ1n) is 13.7. The van der Waals surface area contributed by atoms with Crippen LogP contribution in [0.1, 0.15) is 52.3 Å². The molecule has 0 aliphatic carbocycles. The number of aliphatic hydroxyl groups excluding tert-OH is 1. The molecule has 1 aromatic heterocycles. The summed E-state index contributed by atoms with van der Waals surface area (Å²) in [6, 6.07) is 21.7. The van der Waals surface area contributed by atoms with E-state index in [0.29, 0.717) is 40.7 Å². The molecule has 1 fully saturated rings. The Morgan fingerprint density at radius 3 is 2.40 bits per heavy atom. The molecule has 1 saturated heterocycles. The Balaban J connectivity index is 1.61. The summed E-state index contributed by atoms with van der Waals surface area (Å²) in [5.74, 6) is -1.02. The van der Waals surface area contributed by atoms with Crippen molar-refractivity contribution in [3.63, 3.8) is 0 Å². The first kappa shape index (κ1) is 29.5. The summed E-state index contributed by atoms with van der Waals surface area (Å²) in [6.07, 6.45) is 1.91. The number of aromatic nitrogens is 1. The summed E-state index contributed by atoms with van der Waals surface area (Å²) < 4.78 is 16.6. The lowest BCUT2D eigenvalue weighted by Crippen LogP contribution is -2.29. The van der Waals surface area contributed by atoms with Gasteiger partial charge in [-0.1, -0.05) is 55.0 Å². The summed E-state index contributed by atoms with van der Waals surface area (Å²) in [4.78, 5) is 45.4. The summed E-state index contributed by atoms with van der Waals surface area (Å²) in [6.45, 7) is 4.26. The van der Waals surface area contributed by atoms with Crippen LogP contribution in [0.25, 0.3) is 5.76 Å². The van der Waals surface area contributed by atoms with E-state index in [9.17, 15) is 19.5 Å². The molecule has 3 aromatic carbocycles. The number of carbonyl (C=O) groups excluding carboxylic acids is 3. The highest BCUT2D eigenvalue weighted by Crippen LogP contribution is 2.44. The predicted octanol–water partition coefficient (Wildman–Crippen LogP) is 6.84. The Morgan fingerprint density at radius 2 is 1.70 bits per heavy atom. The van der Waals surface area contributed by atoms with Crippen LogP contribution in [0.4, 0.5) is 5.13 Å². The van der Waals surface area contributed by atoms with E-state index in [0.717, 1.165) is 24.2 Å². The highest BCUT2D eigenvalue weighted by atomic mass is 32.1. The third-order valence-electron chi connectivity index (χ3n) is 6.85. The van der Waals surface area contributed by atoms with E-state index in [1.54, 1.807) is 67.6 Å². The number of nitrogens with zero attached hydrogens (tertiary/aromatic N) is 2. The number of amides is 1. The standard InChI is InChI=1S/C33H30N2O7S/c1-4-5-18-41-23-16-14-21(15-17-23)28(36)26-27(22-10-9-13-25(19-22)42-24-11-7-6-8-12-24)35(31(38)29(26)37)33-34-20(2)30(43-33)32(39)40-3/h6-17,19,27,36H,4-5,18H2,1-3H3/t27-/m1/s1. The second-order valence-electron chi connectivity index (χ2n) is 9.79. The Kier molecular flexibility index (Phi) is 8.87. The van der Waals surface area contributed by atoms with Crippen molar-refractivity contribution in [3.8, 4) is 17.2 Å². The molecule has 2 heterocycles. The lowest BCUT2D eigenvalue weighted by atomic mass is 9.95. The van der Waals surface area contributed by atoms with Crippen molar-refractivity contribution in [1.29, 1.82) is 0 Å².